The average molecular weight is 506 g/mol. The molecule has 0 fully saturated rings. The third-order valence-electron chi connectivity index (χ3n) is 5.82. The first kappa shape index (κ1) is 23.8. The number of amides is 1. The Morgan fingerprint density at radius 3 is 2.89 bits per heavy atom. The second-order valence-electron chi connectivity index (χ2n) is 9.80. The molecule has 11 heteroatoms. The molecule has 0 aliphatic carbocycles. The number of carbonyl (C=O) groups excluding carboxylic acids is 1. The van der Waals surface area contributed by atoms with Gasteiger partial charge in [-0.2, -0.15) is 9.64 Å². The van der Waals surface area contributed by atoms with Crippen LogP contribution in [0, 0.1) is 18.3 Å². The predicted molar refractivity (Wildman–Crippen MR) is 137 cm³/mol. The Hall–Kier alpha value is -3.91. The Morgan fingerprint density at radius 2 is 2.19 bits per heavy atom. The number of hydrogen-bond acceptors (Lipinski definition) is 10. The summed E-state index contributed by atoms with van der Waals surface area (Å²) in [6.07, 6.45) is 6.04. The summed E-state index contributed by atoms with van der Waals surface area (Å²) in [5, 5.41) is 13.4. The number of anilines is 1. The molecule has 3 aliphatic heterocycles. The summed E-state index contributed by atoms with van der Waals surface area (Å²) < 4.78 is 15.3. The monoisotopic (exact) mass is 505 g/mol. The van der Waals surface area contributed by atoms with Crippen molar-refractivity contribution in [2.75, 3.05) is 25.0 Å². The predicted octanol–water partition coefficient (Wildman–Crippen LogP) is 4.60. The molecular formula is C25H27N7O3S. The summed E-state index contributed by atoms with van der Waals surface area (Å²) in [7, 11) is 0. The highest BCUT2D eigenvalue weighted by atomic mass is 32.1. The van der Waals surface area contributed by atoms with Crippen LogP contribution in [0.3, 0.4) is 0 Å². The average Bonchev–Trinajstić information content (AvgIpc) is 3.57. The van der Waals surface area contributed by atoms with Crippen LogP contribution in [0.1, 0.15) is 50.3 Å². The molecule has 10 nitrogen and oxygen atoms in total. The number of aliphatic imine (C=N–C) groups is 2. The van der Waals surface area contributed by atoms with E-state index in [2.05, 4.69) is 20.7 Å². The zero-order chi connectivity index (χ0) is 25.4. The fraction of sp³-hybridized carbons (Fsp3) is 0.400. The molecule has 5 heterocycles. The van der Waals surface area contributed by atoms with Crippen molar-refractivity contribution in [1.82, 2.24) is 14.2 Å². The lowest BCUT2D eigenvalue weighted by atomic mass is 10.1. The summed E-state index contributed by atoms with van der Waals surface area (Å²) in [6.45, 7) is 9.00. The van der Waals surface area contributed by atoms with E-state index in [-0.39, 0.29) is 17.9 Å². The molecule has 1 N–H and O–H groups in total. The van der Waals surface area contributed by atoms with Gasteiger partial charge in [0, 0.05) is 24.4 Å². The van der Waals surface area contributed by atoms with Gasteiger partial charge in [0.05, 0.1) is 36.8 Å². The number of furan rings is 1. The molecule has 2 aromatic heterocycles. The number of nitrogens with one attached hydrogen (secondary N) is 1. The smallest absolute Gasteiger partial charge is 0.410 e. The molecule has 3 aliphatic rings. The van der Waals surface area contributed by atoms with Gasteiger partial charge >= 0.3 is 6.09 Å². The number of hydrogen-bond donors (Lipinski definition) is 1. The Balaban J connectivity index is 1.46. The van der Waals surface area contributed by atoms with Gasteiger partial charge in [-0.05, 0) is 57.3 Å². The topological polar surface area (TPSA) is 119 Å². The lowest BCUT2D eigenvalue weighted by molar-refractivity contribution is 0.0263. The van der Waals surface area contributed by atoms with Gasteiger partial charge in [-0.3, -0.25) is 4.99 Å². The summed E-state index contributed by atoms with van der Waals surface area (Å²) in [5.41, 5.74) is 2.89. The number of nitrogens with zero attached hydrogens (tertiary/aromatic N) is 6. The molecule has 0 bridgehead atoms. The molecule has 0 saturated heterocycles. The number of amidine groups is 2. The summed E-state index contributed by atoms with van der Waals surface area (Å²) in [6, 6.07) is 5.61. The number of fused-ring (bicyclic) bond motifs is 1. The van der Waals surface area contributed by atoms with Crippen molar-refractivity contribution < 1.29 is 13.9 Å². The minimum absolute atomic E-state index is 0.137. The maximum atomic E-state index is 12.7. The van der Waals surface area contributed by atoms with E-state index in [4.69, 9.17) is 19.1 Å². The van der Waals surface area contributed by atoms with Gasteiger partial charge in [-0.15, -0.1) is 0 Å². The Bertz CT molecular complexity index is 1350. The highest BCUT2D eigenvalue weighted by Crippen LogP contribution is 2.34. The van der Waals surface area contributed by atoms with E-state index in [0.29, 0.717) is 37.7 Å². The summed E-state index contributed by atoms with van der Waals surface area (Å²) in [4.78, 5) is 26.2. The number of aromatic nitrogens is 1. The number of aryl methyl sites for hydroxylation is 1. The Kier molecular flexibility index (Phi) is 6.14. The summed E-state index contributed by atoms with van der Waals surface area (Å²) in [5.74, 6) is 1.57. The summed E-state index contributed by atoms with van der Waals surface area (Å²) >= 11 is 1.36. The van der Waals surface area contributed by atoms with E-state index in [1.165, 1.54) is 11.5 Å². The first-order valence-corrected chi connectivity index (χ1v) is 12.5. The second-order valence-corrected chi connectivity index (χ2v) is 10.6. The molecular weight excluding hydrogens is 478 g/mol. The van der Waals surface area contributed by atoms with Crippen molar-refractivity contribution in [2.24, 2.45) is 9.98 Å². The highest BCUT2D eigenvalue weighted by molar-refractivity contribution is 7.10. The first-order chi connectivity index (χ1) is 17.2. The Labute approximate surface area is 213 Å². The van der Waals surface area contributed by atoms with Crippen molar-refractivity contribution in [3.8, 4) is 6.07 Å². The number of carbonyl (C=O) groups is 1. The van der Waals surface area contributed by atoms with Crippen molar-refractivity contribution in [3.05, 3.63) is 59.0 Å². The SMILES string of the molecule is Cc1cc(NC2=NC(C3=CCCN(C(=O)OC(C)(C)C)C3)=CN3C2=NCC3c2coc(C#N)c2)sn1. The van der Waals surface area contributed by atoms with E-state index in [0.717, 1.165) is 27.5 Å². The Morgan fingerprint density at radius 1 is 1.36 bits per heavy atom. The molecule has 0 spiro atoms. The maximum absolute atomic E-state index is 12.7. The van der Waals surface area contributed by atoms with Gasteiger partial charge < -0.3 is 24.3 Å². The number of nitriles is 1. The third kappa shape index (κ3) is 4.90. The van der Waals surface area contributed by atoms with Crippen LogP contribution < -0.4 is 5.32 Å². The molecule has 2 aromatic rings. The van der Waals surface area contributed by atoms with Crippen LogP contribution in [0.25, 0.3) is 0 Å². The highest BCUT2D eigenvalue weighted by Gasteiger charge is 2.36. The van der Waals surface area contributed by atoms with Crippen molar-refractivity contribution in [2.45, 2.75) is 45.8 Å². The minimum atomic E-state index is -0.564. The molecule has 1 unspecified atom stereocenters. The van der Waals surface area contributed by atoms with Crippen molar-refractivity contribution in [1.29, 1.82) is 5.26 Å². The standard InChI is InChI=1S/C25H27N7O3S/c1-15-8-21(36-30-15)29-22-23-27-11-20(17-9-18(10-26)34-14-17)32(23)13-19(28-22)16-6-5-7-31(12-16)24(33)35-25(2,3)4/h6,8-9,13-14,20H,5,7,11-12H2,1-4H3,(H,28,29). The van der Waals surface area contributed by atoms with Crippen LogP contribution in [0.4, 0.5) is 9.80 Å². The first-order valence-electron chi connectivity index (χ1n) is 11.7. The molecule has 0 radical (unpaired) electrons. The van der Waals surface area contributed by atoms with E-state index in [1.807, 2.05) is 46.0 Å². The van der Waals surface area contributed by atoms with Gasteiger partial charge in [0.25, 0.3) is 0 Å². The third-order valence-corrected chi connectivity index (χ3v) is 6.61. The molecule has 5 rings (SSSR count). The largest absolute Gasteiger partial charge is 0.453 e. The van der Waals surface area contributed by atoms with E-state index < -0.39 is 5.60 Å². The zero-order valence-electron chi connectivity index (χ0n) is 20.6. The van der Waals surface area contributed by atoms with E-state index in [9.17, 15) is 10.1 Å². The quantitative estimate of drug-likeness (QED) is 0.647. The van der Waals surface area contributed by atoms with Crippen molar-refractivity contribution in [3.63, 3.8) is 0 Å². The van der Waals surface area contributed by atoms with Crippen LogP contribution >= 0.6 is 11.5 Å². The maximum Gasteiger partial charge on any atom is 0.410 e. The normalized spacial score (nSPS) is 19.6. The van der Waals surface area contributed by atoms with Gasteiger partial charge in [0.2, 0.25) is 5.76 Å². The zero-order valence-corrected chi connectivity index (χ0v) is 21.4. The van der Waals surface area contributed by atoms with Gasteiger partial charge in [-0.1, -0.05) is 6.08 Å². The van der Waals surface area contributed by atoms with Gasteiger partial charge in [0.15, 0.2) is 11.7 Å². The van der Waals surface area contributed by atoms with Crippen LogP contribution in [0.2, 0.25) is 0 Å². The van der Waals surface area contributed by atoms with Gasteiger partial charge in [-0.25, -0.2) is 9.79 Å². The van der Waals surface area contributed by atoms with Crippen LogP contribution in [-0.2, 0) is 4.74 Å². The number of rotatable bonds is 3. The van der Waals surface area contributed by atoms with E-state index in [1.54, 1.807) is 17.2 Å². The molecule has 0 aromatic carbocycles. The lowest BCUT2D eigenvalue weighted by Gasteiger charge is -2.32. The van der Waals surface area contributed by atoms with Gasteiger partial charge in [0.1, 0.15) is 16.7 Å². The number of ether oxygens (including phenoxy) is 1. The molecule has 1 amide bonds. The fourth-order valence-electron chi connectivity index (χ4n) is 4.21. The van der Waals surface area contributed by atoms with Crippen molar-refractivity contribution >= 4 is 34.3 Å². The fourth-order valence-corrected chi connectivity index (χ4v) is 4.87. The molecule has 0 saturated carbocycles. The van der Waals surface area contributed by atoms with Crippen LogP contribution in [0.15, 0.2) is 56.3 Å². The molecule has 186 valence electrons. The van der Waals surface area contributed by atoms with E-state index >= 15 is 0 Å². The second kappa shape index (κ2) is 9.28. The molecule has 36 heavy (non-hydrogen) atoms. The van der Waals surface area contributed by atoms with Crippen LogP contribution in [-0.4, -0.2) is 57.2 Å². The lowest BCUT2D eigenvalue weighted by Crippen LogP contribution is -2.41. The minimum Gasteiger partial charge on any atom is -0.453 e. The molecule has 1 atom stereocenters. The van der Waals surface area contributed by atoms with Crippen LogP contribution in [0.5, 0.6) is 0 Å².